The van der Waals surface area contributed by atoms with E-state index in [9.17, 15) is 9.59 Å². The van der Waals surface area contributed by atoms with Gasteiger partial charge >= 0.3 is 0 Å². The Balaban J connectivity index is 1.33. The lowest BCUT2D eigenvalue weighted by molar-refractivity contribution is 0.0684. The second kappa shape index (κ2) is 9.21. The third-order valence-corrected chi connectivity index (χ3v) is 6.16. The van der Waals surface area contributed by atoms with Gasteiger partial charge < -0.3 is 10.2 Å². The number of piperidine rings is 1. The zero-order chi connectivity index (χ0) is 20.1. The highest BCUT2D eigenvalue weighted by Gasteiger charge is 2.25. The van der Waals surface area contributed by atoms with Crippen LogP contribution in [-0.2, 0) is 6.42 Å². The number of nitrogens with zero attached hydrogens (tertiary/aromatic N) is 2. The monoisotopic (exact) mass is 391 g/mol. The Kier molecular flexibility index (Phi) is 6.23. The number of nitrogens with one attached hydrogen (secondary N) is 1. The Morgan fingerprint density at radius 3 is 2.31 bits per heavy atom. The predicted molar refractivity (Wildman–Crippen MR) is 113 cm³/mol. The molecule has 4 rings (SSSR count). The van der Waals surface area contributed by atoms with Gasteiger partial charge in [0.2, 0.25) is 0 Å². The minimum absolute atomic E-state index is 0.0707. The van der Waals surface area contributed by atoms with Crippen molar-refractivity contribution < 1.29 is 9.59 Å². The number of benzene rings is 1. The molecule has 1 aliphatic carbocycles. The molecule has 2 amide bonds. The SMILES string of the molecule is O=C(NC1CCCC1)c1cccc(C(=O)N2CCC(Cc3ccccc3)CC2)n1. The van der Waals surface area contributed by atoms with E-state index in [0.29, 0.717) is 17.3 Å². The first-order chi connectivity index (χ1) is 14.2. The molecule has 152 valence electrons. The van der Waals surface area contributed by atoms with Gasteiger partial charge in [-0.15, -0.1) is 0 Å². The Morgan fingerprint density at radius 1 is 0.897 bits per heavy atom. The first-order valence-corrected chi connectivity index (χ1v) is 10.8. The maximum Gasteiger partial charge on any atom is 0.272 e. The quantitative estimate of drug-likeness (QED) is 0.842. The smallest absolute Gasteiger partial charge is 0.272 e. The van der Waals surface area contributed by atoms with E-state index in [1.54, 1.807) is 18.2 Å². The summed E-state index contributed by atoms with van der Waals surface area (Å²) >= 11 is 0. The molecule has 0 radical (unpaired) electrons. The van der Waals surface area contributed by atoms with E-state index >= 15 is 0 Å². The molecular formula is C24H29N3O2. The maximum absolute atomic E-state index is 12.9. The van der Waals surface area contributed by atoms with E-state index < -0.39 is 0 Å². The van der Waals surface area contributed by atoms with Crippen molar-refractivity contribution in [3.63, 3.8) is 0 Å². The van der Waals surface area contributed by atoms with E-state index in [-0.39, 0.29) is 17.9 Å². The molecule has 2 heterocycles. The molecule has 1 aliphatic heterocycles. The molecule has 1 aromatic carbocycles. The summed E-state index contributed by atoms with van der Waals surface area (Å²) in [5.41, 5.74) is 2.06. The molecule has 29 heavy (non-hydrogen) atoms. The van der Waals surface area contributed by atoms with Gasteiger partial charge in [-0.25, -0.2) is 4.98 Å². The highest BCUT2D eigenvalue weighted by molar-refractivity contribution is 5.96. The van der Waals surface area contributed by atoms with E-state index in [4.69, 9.17) is 0 Å². The summed E-state index contributed by atoms with van der Waals surface area (Å²) in [5.74, 6) is 0.365. The van der Waals surface area contributed by atoms with E-state index in [1.807, 2.05) is 11.0 Å². The third kappa shape index (κ3) is 5.03. The number of rotatable bonds is 5. The minimum atomic E-state index is -0.173. The van der Waals surface area contributed by atoms with Crippen molar-refractivity contribution in [3.8, 4) is 0 Å². The standard InChI is InChI=1S/C24H29N3O2/c28-23(25-20-9-4-5-10-20)21-11-6-12-22(26-21)24(29)27-15-13-19(14-16-27)17-18-7-2-1-3-8-18/h1-3,6-8,11-12,19-20H,4-5,9-10,13-17H2,(H,25,28). The predicted octanol–water partition coefficient (Wildman–Crippen LogP) is 3.85. The van der Waals surface area contributed by atoms with Gasteiger partial charge in [-0.3, -0.25) is 9.59 Å². The molecular weight excluding hydrogens is 362 g/mol. The van der Waals surface area contributed by atoms with Gasteiger partial charge in [0.1, 0.15) is 11.4 Å². The number of carbonyl (C=O) groups excluding carboxylic acids is 2. The van der Waals surface area contributed by atoms with Crippen molar-refractivity contribution in [3.05, 3.63) is 65.5 Å². The second-order valence-corrected chi connectivity index (χ2v) is 8.29. The van der Waals surface area contributed by atoms with Gasteiger partial charge in [0.25, 0.3) is 11.8 Å². The fraction of sp³-hybridized carbons (Fsp3) is 0.458. The number of pyridine rings is 1. The number of hydrogen-bond donors (Lipinski definition) is 1. The molecule has 2 fully saturated rings. The zero-order valence-corrected chi connectivity index (χ0v) is 16.8. The first-order valence-electron chi connectivity index (χ1n) is 10.8. The van der Waals surface area contributed by atoms with Crippen LogP contribution in [-0.4, -0.2) is 40.8 Å². The molecule has 1 N–H and O–H groups in total. The lowest BCUT2D eigenvalue weighted by atomic mass is 9.90. The van der Waals surface area contributed by atoms with Crippen LogP contribution < -0.4 is 5.32 Å². The number of aromatic nitrogens is 1. The molecule has 2 aliphatic rings. The van der Waals surface area contributed by atoms with Crippen LogP contribution in [0.15, 0.2) is 48.5 Å². The largest absolute Gasteiger partial charge is 0.348 e. The summed E-state index contributed by atoms with van der Waals surface area (Å²) in [6.07, 6.45) is 7.46. The van der Waals surface area contributed by atoms with Crippen LogP contribution in [0, 0.1) is 5.92 Å². The molecule has 0 atom stereocenters. The Morgan fingerprint density at radius 2 is 1.59 bits per heavy atom. The van der Waals surface area contributed by atoms with Crippen molar-refractivity contribution >= 4 is 11.8 Å². The van der Waals surface area contributed by atoms with Crippen LogP contribution in [0.4, 0.5) is 0 Å². The normalized spacial score (nSPS) is 18.0. The van der Waals surface area contributed by atoms with Crippen LogP contribution in [0.1, 0.15) is 65.1 Å². The average molecular weight is 392 g/mol. The van der Waals surface area contributed by atoms with Crippen molar-refractivity contribution in [1.82, 2.24) is 15.2 Å². The lowest BCUT2D eigenvalue weighted by Crippen LogP contribution is -2.39. The highest BCUT2D eigenvalue weighted by Crippen LogP contribution is 2.23. The Bertz CT molecular complexity index is 838. The summed E-state index contributed by atoms with van der Waals surface area (Å²) in [6.45, 7) is 1.49. The fourth-order valence-electron chi connectivity index (χ4n) is 4.46. The first kappa shape index (κ1) is 19.6. The van der Waals surface area contributed by atoms with Gasteiger partial charge in [-0.1, -0.05) is 49.2 Å². The third-order valence-electron chi connectivity index (χ3n) is 6.16. The minimum Gasteiger partial charge on any atom is -0.348 e. The molecule has 0 spiro atoms. The molecule has 5 nitrogen and oxygen atoms in total. The average Bonchev–Trinajstić information content (AvgIpc) is 3.28. The summed E-state index contributed by atoms with van der Waals surface area (Å²) in [5, 5.41) is 3.04. The van der Waals surface area contributed by atoms with E-state index in [1.165, 1.54) is 5.56 Å². The molecule has 0 unspecified atom stereocenters. The lowest BCUT2D eigenvalue weighted by Gasteiger charge is -2.32. The Labute approximate surface area is 172 Å². The maximum atomic E-state index is 12.9. The van der Waals surface area contributed by atoms with Crippen molar-refractivity contribution in [1.29, 1.82) is 0 Å². The van der Waals surface area contributed by atoms with Crippen LogP contribution in [0.25, 0.3) is 0 Å². The molecule has 1 aromatic heterocycles. The fourth-order valence-corrected chi connectivity index (χ4v) is 4.46. The molecule has 2 aromatic rings. The summed E-state index contributed by atoms with van der Waals surface area (Å²) in [4.78, 5) is 31.6. The highest BCUT2D eigenvalue weighted by atomic mass is 16.2. The van der Waals surface area contributed by atoms with Crippen LogP contribution in [0.3, 0.4) is 0 Å². The Hall–Kier alpha value is -2.69. The molecule has 1 saturated heterocycles. The number of hydrogen-bond acceptors (Lipinski definition) is 3. The van der Waals surface area contributed by atoms with Gasteiger partial charge in [0, 0.05) is 19.1 Å². The van der Waals surface area contributed by atoms with Gasteiger partial charge in [-0.2, -0.15) is 0 Å². The van der Waals surface area contributed by atoms with E-state index in [0.717, 1.165) is 58.0 Å². The number of likely N-dealkylation sites (tertiary alicyclic amines) is 1. The van der Waals surface area contributed by atoms with Crippen LogP contribution in [0.5, 0.6) is 0 Å². The number of carbonyl (C=O) groups is 2. The molecule has 1 saturated carbocycles. The number of amides is 2. The zero-order valence-electron chi connectivity index (χ0n) is 16.8. The topological polar surface area (TPSA) is 62.3 Å². The van der Waals surface area contributed by atoms with Gasteiger partial charge in [-0.05, 0) is 55.7 Å². The summed E-state index contributed by atoms with van der Waals surface area (Å²) in [7, 11) is 0. The van der Waals surface area contributed by atoms with Crippen molar-refractivity contribution in [2.45, 2.75) is 51.0 Å². The van der Waals surface area contributed by atoms with Crippen molar-refractivity contribution in [2.75, 3.05) is 13.1 Å². The van der Waals surface area contributed by atoms with E-state index in [2.05, 4.69) is 34.6 Å². The van der Waals surface area contributed by atoms with Crippen molar-refractivity contribution in [2.24, 2.45) is 5.92 Å². The molecule has 0 bridgehead atoms. The molecule has 5 heteroatoms. The summed E-state index contributed by atoms with van der Waals surface area (Å²) in [6, 6.07) is 15.9. The van der Waals surface area contributed by atoms with Gasteiger partial charge in [0.15, 0.2) is 0 Å². The van der Waals surface area contributed by atoms with Gasteiger partial charge in [0.05, 0.1) is 0 Å². The summed E-state index contributed by atoms with van der Waals surface area (Å²) < 4.78 is 0. The van der Waals surface area contributed by atoms with Crippen LogP contribution >= 0.6 is 0 Å². The second-order valence-electron chi connectivity index (χ2n) is 8.29. The van der Waals surface area contributed by atoms with Crippen LogP contribution in [0.2, 0.25) is 0 Å².